The molecule has 1 aromatic carbocycles. The van der Waals surface area contributed by atoms with E-state index < -0.39 is 17.5 Å². The van der Waals surface area contributed by atoms with Crippen LogP contribution in [0.5, 0.6) is 5.75 Å². The van der Waals surface area contributed by atoms with Crippen LogP contribution in [0, 0.1) is 22.8 Å². The van der Waals surface area contributed by atoms with Gasteiger partial charge in [0.2, 0.25) is 11.8 Å². The Hall–Kier alpha value is -2.56. The summed E-state index contributed by atoms with van der Waals surface area (Å²) in [6.07, 6.45) is 2.77. The molecule has 39 heavy (non-hydrogen) atoms. The Morgan fingerprint density at radius 1 is 1.31 bits per heavy atom. The van der Waals surface area contributed by atoms with Crippen LogP contribution in [0.4, 0.5) is 5.69 Å². The van der Waals surface area contributed by atoms with E-state index in [1.807, 2.05) is 52.0 Å². The third kappa shape index (κ3) is 10.2. The van der Waals surface area contributed by atoms with Gasteiger partial charge in [-0.25, -0.2) is 5.53 Å². The number of rotatable bonds is 17. The number of methoxy groups -OCH3 is 1. The molecule has 10 nitrogen and oxygen atoms in total. The van der Waals surface area contributed by atoms with Crippen LogP contribution in [0.15, 0.2) is 29.4 Å². The summed E-state index contributed by atoms with van der Waals surface area (Å²) in [6, 6.07) is 6.52. The molecule has 1 aliphatic heterocycles. The first kappa shape index (κ1) is 32.7. The van der Waals surface area contributed by atoms with E-state index in [0.717, 1.165) is 18.5 Å². The van der Waals surface area contributed by atoms with Crippen molar-refractivity contribution in [3.05, 3.63) is 24.3 Å². The van der Waals surface area contributed by atoms with E-state index in [-0.39, 0.29) is 43.0 Å². The molecule has 0 aromatic heterocycles. The van der Waals surface area contributed by atoms with Gasteiger partial charge in [0.25, 0.3) is 0 Å². The number of nitrogens with one attached hydrogen (secondary N) is 2. The zero-order valence-corrected chi connectivity index (χ0v) is 24.6. The van der Waals surface area contributed by atoms with Crippen molar-refractivity contribution in [3.8, 4) is 5.75 Å². The van der Waals surface area contributed by atoms with Crippen molar-refractivity contribution in [1.82, 2.24) is 5.32 Å². The van der Waals surface area contributed by atoms with Gasteiger partial charge in [0, 0.05) is 32.0 Å². The predicted molar refractivity (Wildman–Crippen MR) is 152 cm³/mol. The van der Waals surface area contributed by atoms with Gasteiger partial charge in [-0.15, -0.1) is 0 Å². The van der Waals surface area contributed by atoms with E-state index in [9.17, 15) is 9.59 Å². The number of amides is 2. The van der Waals surface area contributed by atoms with E-state index in [1.54, 1.807) is 12.0 Å². The van der Waals surface area contributed by atoms with E-state index in [2.05, 4.69) is 17.4 Å². The summed E-state index contributed by atoms with van der Waals surface area (Å²) < 4.78 is 16.5. The van der Waals surface area contributed by atoms with E-state index in [0.29, 0.717) is 38.3 Å². The summed E-state index contributed by atoms with van der Waals surface area (Å²) in [4.78, 5) is 28.2. The maximum Gasteiger partial charge on any atom is 0.227 e. The molecule has 0 fully saturated rings. The van der Waals surface area contributed by atoms with Crippen molar-refractivity contribution in [1.29, 1.82) is 5.53 Å². The molecule has 0 spiro atoms. The number of carbonyl (C=O) groups excluding carboxylic acids is 2. The molecule has 2 amide bonds. The fraction of sp³-hybridized carbons (Fsp3) is 0.724. The fourth-order valence-electron chi connectivity index (χ4n) is 4.97. The summed E-state index contributed by atoms with van der Waals surface area (Å²) in [5.41, 5.74) is 14.7. The van der Waals surface area contributed by atoms with Crippen LogP contribution in [-0.4, -0.2) is 63.6 Å². The molecule has 1 aromatic rings. The lowest BCUT2D eigenvalue weighted by Gasteiger charge is -2.37. The number of ether oxygens (including phenoxy) is 3. The monoisotopic (exact) mass is 547 g/mol. The lowest BCUT2D eigenvalue weighted by molar-refractivity contribution is -0.126. The molecule has 0 unspecified atom stereocenters. The summed E-state index contributed by atoms with van der Waals surface area (Å²) in [6.45, 7) is 11.6. The second-order valence-electron chi connectivity index (χ2n) is 11.6. The van der Waals surface area contributed by atoms with Crippen LogP contribution in [-0.2, 0) is 19.1 Å². The van der Waals surface area contributed by atoms with Gasteiger partial charge in [-0.3, -0.25) is 9.59 Å². The highest BCUT2D eigenvalue weighted by Crippen LogP contribution is 2.37. The van der Waals surface area contributed by atoms with Gasteiger partial charge in [-0.1, -0.05) is 53.2 Å². The minimum atomic E-state index is -0.496. The highest BCUT2D eigenvalue weighted by Gasteiger charge is 2.36. The van der Waals surface area contributed by atoms with Crippen molar-refractivity contribution in [2.75, 3.05) is 38.5 Å². The topological polar surface area (TPSA) is 139 Å². The van der Waals surface area contributed by atoms with Gasteiger partial charge in [-0.05, 0) is 42.7 Å². The number of para-hydroxylation sites is 2. The molecule has 0 saturated carbocycles. The molecule has 1 aliphatic rings. The summed E-state index contributed by atoms with van der Waals surface area (Å²) in [5, 5.41) is 6.87. The van der Waals surface area contributed by atoms with Crippen LogP contribution >= 0.6 is 0 Å². The Bertz CT molecular complexity index is 925. The van der Waals surface area contributed by atoms with Gasteiger partial charge in [-0.2, -0.15) is 5.11 Å². The third-order valence-electron chi connectivity index (χ3n) is 7.19. The van der Waals surface area contributed by atoms with Crippen LogP contribution in [0.1, 0.15) is 66.7 Å². The van der Waals surface area contributed by atoms with Gasteiger partial charge in [0.15, 0.2) is 0 Å². The minimum Gasteiger partial charge on any atom is -0.484 e. The first-order valence-corrected chi connectivity index (χ1v) is 14.1. The van der Waals surface area contributed by atoms with Crippen LogP contribution in [0.25, 0.3) is 0 Å². The molecular weight excluding hydrogens is 498 g/mol. The van der Waals surface area contributed by atoms with Crippen molar-refractivity contribution in [3.63, 3.8) is 0 Å². The number of hydrogen-bond acceptors (Lipinski definition) is 8. The molecule has 0 saturated heterocycles. The van der Waals surface area contributed by atoms with E-state index >= 15 is 0 Å². The number of unbranched alkanes of at least 4 members (excludes halogenated alkanes) is 1. The maximum absolute atomic E-state index is 13.6. The molecule has 10 heteroatoms. The van der Waals surface area contributed by atoms with Crippen molar-refractivity contribution < 1.29 is 23.8 Å². The van der Waals surface area contributed by atoms with Crippen molar-refractivity contribution in [2.45, 2.75) is 84.9 Å². The lowest BCUT2D eigenvalue weighted by Crippen LogP contribution is -2.47. The highest BCUT2D eigenvalue weighted by molar-refractivity contribution is 5.95. The Morgan fingerprint density at radius 2 is 2.03 bits per heavy atom. The molecule has 220 valence electrons. The Kier molecular flexibility index (Phi) is 13.3. The van der Waals surface area contributed by atoms with Gasteiger partial charge in [0.05, 0.1) is 24.9 Å². The standard InChI is InChI=1S/C29H49N5O5/c1-7-8-13-32-28(36)22(20(2)3)14-23(30)24(33-31)15-29(4,5)16-27(35)34-17-21(18-38-19-37-6)39-26-12-10-9-11-25(26)34/h9-12,20-24,31H,7-8,13-19,30H2,1-6H3,(H,32,36)/t21-,22+,23+,24+/m1/s1. The quantitative estimate of drug-likeness (QED) is 0.149. The van der Waals surface area contributed by atoms with Gasteiger partial charge in [0.1, 0.15) is 18.6 Å². The number of nitrogens with zero attached hydrogens (tertiary/aromatic N) is 2. The summed E-state index contributed by atoms with van der Waals surface area (Å²) in [5.74, 6) is 0.454. The Balaban J connectivity index is 2.07. The van der Waals surface area contributed by atoms with Crippen LogP contribution in [0.2, 0.25) is 0 Å². The number of nitrogens with two attached hydrogens (primary N) is 1. The molecule has 0 aliphatic carbocycles. The normalized spacial score (nSPS) is 17.6. The molecule has 1 heterocycles. The SMILES string of the molecule is CCCCNC(=O)[C@@H](C[C@H](N)[C@H](CC(C)(C)CC(=O)N1C[C@H](COCOC)Oc2ccccc21)N=N)C(C)C. The van der Waals surface area contributed by atoms with E-state index in [4.69, 9.17) is 25.5 Å². The molecule has 4 N–H and O–H groups in total. The van der Waals surface area contributed by atoms with E-state index in [1.165, 1.54) is 0 Å². The predicted octanol–water partition coefficient (Wildman–Crippen LogP) is 4.51. The number of benzene rings is 1. The average molecular weight is 548 g/mol. The smallest absolute Gasteiger partial charge is 0.227 e. The van der Waals surface area contributed by atoms with Crippen LogP contribution < -0.4 is 20.7 Å². The second-order valence-corrected chi connectivity index (χ2v) is 11.6. The Morgan fingerprint density at radius 3 is 2.67 bits per heavy atom. The summed E-state index contributed by atoms with van der Waals surface area (Å²) in [7, 11) is 1.56. The molecule has 0 bridgehead atoms. The number of hydrogen-bond donors (Lipinski definition) is 3. The fourth-order valence-corrected chi connectivity index (χ4v) is 4.97. The number of carbonyl (C=O) groups is 2. The molecule has 0 radical (unpaired) electrons. The largest absolute Gasteiger partial charge is 0.484 e. The third-order valence-corrected chi connectivity index (χ3v) is 7.19. The number of fused-ring (bicyclic) bond motifs is 1. The zero-order chi connectivity index (χ0) is 29.0. The average Bonchev–Trinajstić information content (AvgIpc) is 2.89. The highest BCUT2D eigenvalue weighted by atomic mass is 16.7. The number of anilines is 1. The minimum absolute atomic E-state index is 0.00193. The first-order valence-electron chi connectivity index (χ1n) is 14.1. The lowest BCUT2D eigenvalue weighted by atomic mass is 9.78. The van der Waals surface area contributed by atoms with Crippen molar-refractivity contribution in [2.24, 2.45) is 28.1 Å². The Labute approximate surface area is 233 Å². The van der Waals surface area contributed by atoms with Gasteiger partial charge >= 0.3 is 0 Å². The van der Waals surface area contributed by atoms with Crippen molar-refractivity contribution >= 4 is 17.5 Å². The second kappa shape index (κ2) is 15.9. The van der Waals surface area contributed by atoms with Gasteiger partial charge < -0.3 is 30.2 Å². The maximum atomic E-state index is 13.6. The molecule has 2 rings (SSSR count). The first-order chi connectivity index (χ1) is 18.5. The summed E-state index contributed by atoms with van der Waals surface area (Å²) >= 11 is 0. The molecular formula is C29H49N5O5. The zero-order valence-electron chi connectivity index (χ0n) is 24.6. The molecule has 4 atom stereocenters. The van der Waals surface area contributed by atoms with Crippen LogP contribution in [0.3, 0.4) is 0 Å².